The van der Waals surface area contributed by atoms with Crippen LogP contribution in [-0.4, -0.2) is 45.5 Å². The normalized spacial score (nSPS) is 17.1. The molecule has 164 valence electrons. The minimum atomic E-state index is -0.559. The maximum atomic E-state index is 13.2. The van der Waals surface area contributed by atoms with Gasteiger partial charge in [-0.05, 0) is 29.3 Å². The van der Waals surface area contributed by atoms with Gasteiger partial charge in [0.25, 0.3) is 5.91 Å². The summed E-state index contributed by atoms with van der Waals surface area (Å²) in [6.07, 6.45) is 3.32. The van der Waals surface area contributed by atoms with E-state index in [2.05, 4.69) is 10.2 Å². The number of piperidine rings is 1. The predicted molar refractivity (Wildman–Crippen MR) is 125 cm³/mol. The number of H-pyrrole nitrogens is 1. The zero-order chi connectivity index (χ0) is 22.4. The van der Waals surface area contributed by atoms with E-state index in [9.17, 15) is 9.59 Å². The lowest BCUT2D eigenvalue weighted by Crippen LogP contribution is -2.52. The second kappa shape index (κ2) is 7.59. The predicted octanol–water partition coefficient (Wildman–Crippen LogP) is 4.87. The van der Waals surface area contributed by atoms with Crippen LogP contribution >= 0.6 is 0 Å². The summed E-state index contributed by atoms with van der Waals surface area (Å²) in [5.41, 5.74) is 3.58. The fourth-order valence-electron chi connectivity index (χ4n) is 5.02. The van der Waals surface area contributed by atoms with Crippen molar-refractivity contribution in [2.45, 2.75) is 24.9 Å². The van der Waals surface area contributed by atoms with Gasteiger partial charge in [-0.1, -0.05) is 48.5 Å². The highest BCUT2D eigenvalue weighted by Crippen LogP contribution is 2.41. The van der Waals surface area contributed by atoms with Crippen molar-refractivity contribution in [3.8, 4) is 16.9 Å². The molecule has 1 amide bonds. The van der Waals surface area contributed by atoms with Gasteiger partial charge in [0.05, 0.1) is 29.3 Å². The molecule has 1 spiro atoms. The summed E-state index contributed by atoms with van der Waals surface area (Å²) in [6.45, 7) is 1.09. The number of ether oxygens (including phenoxy) is 1. The van der Waals surface area contributed by atoms with Crippen molar-refractivity contribution in [3.63, 3.8) is 0 Å². The van der Waals surface area contributed by atoms with E-state index in [1.54, 1.807) is 6.20 Å². The van der Waals surface area contributed by atoms with E-state index in [0.717, 1.165) is 22.0 Å². The molecule has 0 atom stereocenters. The second-order valence-electron chi connectivity index (χ2n) is 8.89. The quantitative estimate of drug-likeness (QED) is 0.485. The zero-order valence-electron chi connectivity index (χ0n) is 18.1. The number of aromatic amines is 1. The van der Waals surface area contributed by atoms with Crippen LogP contribution < -0.4 is 4.74 Å². The van der Waals surface area contributed by atoms with Crippen LogP contribution in [0.3, 0.4) is 0 Å². The number of Topliss-reactive ketones (excluding diaryl/α,β-unsaturated/α-hetero) is 1. The first-order chi connectivity index (χ1) is 16.1. The lowest BCUT2D eigenvalue weighted by molar-refractivity contribution is -0.00562. The highest BCUT2D eigenvalue weighted by Gasteiger charge is 2.44. The number of fused-ring (bicyclic) bond motifs is 2. The topological polar surface area (TPSA) is 75.3 Å². The third-order valence-electron chi connectivity index (χ3n) is 6.87. The Bertz CT molecular complexity index is 1370. The van der Waals surface area contributed by atoms with Crippen molar-refractivity contribution in [3.05, 3.63) is 84.1 Å². The van der Waals surface area contributed by atoms with Gasteiger partial charge in [0.2, 0.25) is 0 Å². The summed E-state index contributed by atoms with van der Waals surface area (Å²) in [5.74, 6) is 0.737. The molecule has 1 N–H and O–H groups in total. The van der Waals surface area contributed by atoms with E-state index >= 15 is 0 Å². The first-order valence-corrected chi connectivity index (χ1v) is 11.2. The van der Waals surface area contributed by atoms with Gasteiger partial charge in [0.1, 0.15) is 11.4 Å². The number of ketones is 1. The molecule has 0 aliphatic carbocycles. The number of para-hydroxylation sites is 1. The summed E-state index contributed by atoms with van der Waals surface area (Å²) in [7, 11) is 0. The standard InChI is InChI=1S/C27H23N3O3/c31-23-16-27(33-24-15-19(9-10-21(23)24)18-5-2-1-3-6-18)11-13-30(14-12-27)26(32)22-8-4-7-20-17-28-29-25(20)22/h1-10,15,17H,11-14,16H2,(H,28,29). The van der Waals surface area contributed by atoms with E-state index in [4.69, 9.17) is 4.74 Å². The minimum Gasteiger partial charge on any atom is -0.486 e. The van der Waals surface area contributed by atoms with Gasteiger partial charge in [-0.15, -0.1) is 0 Å². The minimum absolute atomic E-state index is 0.0198. The smallest absolute Gasteiger partial charge is 0.256 e. The molecule has 1 aromatic heterocycles. The molecule has 6 heteroatoms. The number of likely N-dealkylation sites (tertiary alicyclic amines) is 1. The first kappa shape index (κ1) is 19.7. The maximum absolute atomic E-state index is 13.2. The van der Waals surface area contributed by atoms with Gasteiger partial charge >= 0.3 is 0 Å². The number of nitrogens with zero attached hydrogens (tertiary/aromatic N) is 2. The largest absolute Gasteiger partial charge is 0.486 e. The van der Waals surface area contributed by atoms with Gasteiger partial charge < -0.3 is 9.64 Å². The highest BCUT2D eigenvalue weighted by molar-refractivity contribution is 6.05. The Morgan fingerprint density at radius 1 is 0.970 bits per heavy atom. The van der Waals surface area contributed by atoms with Crippen molar-refractivity contribution in [2.75, 3.05) is 13.1 Å². The van der Waals surface area contributed by atoms with E-state index in [1.165, 1.54) is 0 Å². The Morgan fingerprint density at radius 3 is 2.61 bits per heavy atom. The molecule has 2 aliphatic heterocycles. The molecule has 2 aliphatic rings. The number of hydrogen-bond acceptors (Lipinski definition) is 4. The lowest BCUT2D eigenvalue weighted by atomic mass is 9.82. The van der Waals surface area contributed by atoms with Crippen LogP contribution in [0.25, 0.3) is 22.0 Å². The molecule has 4 aromatic rings. The maximum Gasteiger partial charge on any atom is 0.256 e. The Hall–Kier alpha value is -3.93. The number of carbonyl (C=O) groups excluding carboxylic acids is 2. The molecule has 6 rings (SSSR count). The number of amides is 1. The van der Waals surface area contributed by atoms with Gasteiger partial charge in [-0.3, -0.25) is 14.7 Å². The average Bonchev–Trinajstić information content (AvgIpc) is 3.33. The molecule has 1 fully saturated rings. The fourth-order valence-corrected chi connectivity index (χ4v) is 5.02. The molecular weight excluding hydrogens is 414 g/mol. The van der Waals surface area contributed by atoms with Crippen LogP contribution in [0.5, 0.6) is 5.75 Å². The number of benzene rings is 3. The lowest BCUT2D eigenvalue weighted by Gasteiger charge is -2.44. The van der Waals surface area contributed by atoms with E-state index in [-0.39, 0.29) is 11.7 Å². The van der Waals surface area contributed by atoms with Crippen molar-refractivity contribution >= 4 is 22.6 Å². The van der Waals surface area contributed by atoms with Crippen molar-refractivity contribution in [1.82, 2.24) is 15.1 Å². The Kier molecular flexibility index (Phi) is 4.54. The summed E-state index contributed by atoms with van der Waals surface area (Å²) in [5, 5.41) is 7.91. The molecule has 0 bridgehead atoms. The molecule has 1 saturated heterocycles. The molecule has 33 heavy (non-hydrogen) atoms. The monoisotopic (exact) mass is 437 g/mol. The van der Waals surface area contributed by atoms with Crippen LogP contribution in [0.1, 0.15) is 40.0 Å². The van der Waals surface area contributed by atoms with Crippen LogP contribution in [0.4, 0.5) is 0 Å². The molecular formula is C27H23N3O3. The molecule has 6 nitrogen and oxygen atoms in total. The van der Waals surface area contributed by atoms with Gasteiger partial charge in [0.15, 0.2) is 5.78 Å². The first-order valence-electron chi connectivity index (χ1n) is 11.2. The van der Waals surface area contributed by atoms with Crippen LogP contribution in [0.15, 0.2) is 72.9 Å². The van der Waals surface area contributed by atoms with E-state index in [0.29, 0.717) is 49.2 Å². The van der Waals surface area contributed by atoms with Crippen LogP contribution in [-0.2, 0) is 0 Å². The number of carbonyl (C=O) groups is 2. The number of nitrogens with one attached hydrogen (secondary N) is 1. The Labute approximate surface area is 191 Å². The third-order valence-corrected chi connectivity index (χ3v) is 6.87. The molecule has 3 aromatic carbocycles. The number of hydrogen-bond donors (Lipinski definition) is 1. The Morgan fingerprint density at radius 2 is 1.79 bits per heavy atom. The number of aromatic nitrogens is 2. The molecule has 3 heterocycles. The summed E-state index contributed by atoms with van der Waals surface area (Å²) >= 11 is 0. The van der Waals surface area contributed by atoms with Crippen LogP contribution in [0, 0.1) is 0 Å². The summed E-state index contributed by atoms with van der Waals surface area (Å²) in [4.78, 5) is 28.1. The average molecular weight is 437 g/mol. The van der Waals surface area contributed by atoms with Crippen LogP contribution in [0.2, 0.25) is 0 Å². The van der Waals surface area contributed by atoms with Crippen molar-refractivity contribution < 1.29 is 14.3 Å². The summed E-state index contributed by atoms with van der Waals surface area (Å²) in [6, 6.07) is 21.5. The molecule has 0 radical (unpaired) electrons. The SMILES string of the molecule is O=C1CC2(CCN(C(=O)c3cccc4cn[nH]c34)CC2)Oc2cc(-c3ccccc3)ccc21. The fraction of sp³-hybridized carbons (Fsp3) is 0.222. The molecule has 0 unspecified atom stereocenters. The van der Waals surface area contributed by atoms with E-state index in [1.807, 2.05) is 71.6 Å². The van der Waals surface area contributed by atoms with E-state index < -0.39 is 5.60 Å². The van der Waals surface area contributed by atoms with Gasteiger partial charge in [0, 0.05) is 31.3 Å². The summed E-state index contributed by atoms with van der Waals surface area (Å²) < 4.78 is 6.51. The third kappa shape index (κ3) is 3.39. The Balaban J connectivity index is 1.23. The van der Waals surface area contributed by atoms with Crippen molar-refractivity contribution in [1.29, 1.82) is 0 Å². The second-order valence-corrected chi connectivity index (χ2v) is 8.89. The van der Waals surface area contributed by atoms with Gasteiger partial charge in [-0.2, -0.15) is 5.10 Å². The molecule has 0 saturated carbocycles. The van der Waals surface area contributed by atoms with Gasteiger partial charge in [-0.25, -0.2) is 0 Å². The highest BCUT2D eigenvalue weighted by atomic mass is 16.5. The zero-order valence-corrected chi connectivity index (χ0v) is 18.1. The number of rotatable bonds is 2. The van der Waals surface area contributed by atoms with Crippen molar-refractivity contribution in [2.24, 2.45) is 0 Å².